The van der Waals surface area contributed by atoms with Gasteiger partial charge in [0.1, 0.15) is 16.4 Å². The van der Waals surface area contributed by atoms with Crippen molar-refractivity contribution >= 4 is 27.3 Å². The normalized spacial score (nSPS) is 18.6. The molecule has 3 N–H and O–H groups in total. The van der Waals surface area contributed by atoms with Crippen molar-refractivity contribution in [1.82, 2.24) is 0 Å². The zero-order valence-corrected chi connectivity index (χ0v) is 18.4. The number of benzene rings is 2. The first-order valence-corrected chi connectivity index (χ1v) is 11.6. The van der Waals surface area contributed by atoms with Gasteiger partial charge < -0.3 is 19.9 Å². The van der Waals surface area contributed by atoms with Crippen LogP contribution in [-0.2, 0) is 14.8 Å². The molecule has 8 nitrogen and oxygen atoms in total. The van der Waals surface area contributed by atoms with Gasteiger partial charge in [-0.15, -0.1) is 13.2 Å². The van der Waals surface area contributed by atoms with Crippen molar-refractivity contribution in [3.05, 3.63) is 42.5 Å². The molecule has 180 valence electrons. The standard InChI is InChI=1S/C21H23F3N2O6S/c1-2-31-18-12-13(25-20(28)16-7-4-8-17(16)27)9-10-19(18)33(29,30)26-14-5-3-6-15(11-14)32-21(22,23)24/h3,5-6,9-12,16-17,26-27H,2,4,7-8H2,1H3,(H,25,28)/t16?,17-/m0/s1. The van der Waals surface area contributed by atoms with Gasteiger partial charge in [-0.3, -0.25) is 9.52 Å². The maximum absolute atomic E-state index is 12.9. The van der Waals surface area contributed by atoms with E-state index in [1.165, 1.54) is 30.3 Å². The first-order chi connectivity index (χ1) is 15.5. The molecule has 1 amide bonds. The molecule has 0 bridgehead atoms. The minimum absolute atomic E-state index is 0.0579. The lowest BCUT2D eigenvalue weighted by molar-refractivity contribution is -0.274. The van der Waals surface area contributed by atoms with E-state index in [0.717, 1.165) is 18.6 Å². The molecule has 2 aromatic carbocycles. The number of rotatable bonds is 8. The van der Waals surface area contributed by atoms with Crippen LogP contribution in [0, 0.1) is 5.92 Å². The summed E-state index contributed by atoms with van der Waals surface area (Å²) in [6.45, 7) is 1.76. The van der Waals surface area contributed by atoms with E-state index in [4.69, 9.17) is 4.74 Å². The van der Waals surface area contributed by atoms with Crippen molar-refractivity contribution in [2.24, 2.45) is 5.92 Å². The zero-order valence-electron chi connectivity index (χ0n) is 17.6. The summed E-state index contributed by atoms with van der Waals surface area (Å²) in [4.78, 5) is 12.1. The number of aliphatic hydroxyl groups is 1. The SMILES string of the molecule is CCOc1cc(NC(=O)C2CCC[C@@H]2O)ccc1S(=O)(=O)Nc1cccc(OC(F)(F)F)c1. The van der Waals surface area contributed by atoms with Crippen molar-refractivity contribution < 1.29 is 41.0 Å². The van der Waals surface area contributed by atoms with Crippen LogP contribution >= 0.6 is 0 Å². The molecule has 1 aliphatic carbocycles. The Morgan fingerprint density at radius 1 is 1.15 bits per heavy atom. The maximum atomic E-state index is 12.9. The topological polar surface area (TPSA) is 114 Å². The summed E-state index contributed by atoms with van der Waals surface area (Å²) in [6, 6.07) is 8.31. The second kappa shape index (κ2) is 9.87. The number of hydrogen-bond acceptors (Lipinski definition) is 6. The number of aliphatic hydroxyl groups excluding tert-OH is 1. The second-order valence-electron chi connectivity index (χ2n) is 7.37. The van der Waals surface area contributed by atoms with Crippen molar-refractivity contribution in [3.63, 3.8) is 0 Å². The number of carbonyl (C=O) groups is 1. The molecule has 0 radical (unpaired) electrons. The van der Waals surface area contributed by atoms with E-state index in [0.29, 0.717) is 12.8 Å². The highest BCUT2D eigenvalue weighted by atomic mass is 32.2. The summed E-state index contributed by atoms with van der Waals surface area (Å²) < 4.78 is 74.6. The van der Waals surface area contributed by atoms with Crippen LogP contribution in [0.15, 0.2) is 47.4 Å². The van der Waals surface area contributed by atoms with Crippen LogP contribution in [0.3, 0.4) is 0 Å². The number of ether oxygens (including phenoxy) is 2. The Kier molecular flexibility index (Phi) is 7.38. The molecule has 0 heterocycles. The third-order valence-electron chi connectivity index (χ3n) is 4.94. The van der Waals surface area contributed by atoms with Crippen LogP contribution in [0.4, 0.5) is 24.5 Å². The Balaban J connectivity index is 1.82. The Labute approximate surface area is 188 Å². The van der Waals surface area contributed by atoms with Gasteiger partial charge in [0, 0.05) is 17.8 Å². The van der Waals surface area contributed by atoms with Crippen molar-refractivity contribution in [2.45, 2.75) is 43.5 Å². The number of halogens is 3. The largest absolute Gasteiger partial charge is 0.573 e. The third-order valence-corrected chi connectivity index (χ3v) is 6.36. The smallest absolute Gasteiger partial charge is 0.492 e. The Morgan fingerprint density at radius 2 is 1.91 bits per heavy atom. The Morgan fingerprint density at radius 3 is 2.55 bits per heavy atom. The average molecular weight is 488 g/mol. The number of anilines is 2. The van der Waals surface area contributed by atoms with Gasteiger partial charge in [-0.1, -0.05) is 6.07 Å². The van der Waals surface area contributed by atoms with Crippen LogP contribution in [0.2, 0.25) is 0 Å². The summed E-state index contributed by atoms with van der Waals surface area (Å²) in [5, 5.41) is 12.6. The van der Waals surface area contributed by atoms with Crippen molar-refractivity contribution in [3.8, 4) is 11.5 Å². The minimum Gasteiger partial charge on any atom is -0.492 e. The summed E-state index contributed by atoms with van der Waals surface area (Å²) >= 11 is 0. The Hall–Kier alpha value is -2.99. The molecule has 1 aliphatic rings. The fourth-order valence-corrected chi connectivity index (χ4v) is 4.70. The molecular formula is C21H23F3N2O6S. The van der Waals surface area contributed by atoms with Crippen molar-refractivity contribution in [1.29, 1.82) is 0 Å². The summed E-state index contributed by atoms with van der Waals surface area (Å²) in [7, 11) is -4.26. The fourth-order valence-electron chi connectivity index (χ4n) is 3.52. The van der Waals surface area contributed by atoms with Crippen LogP contribution in [0.1, 0.15) is 26.2 Å². The summed E-state index contributed by atoms with van der Waals surface area (Å²) in [5.41, 5.74) is 0.133. The first-order valence-electron chi connectivity index (χ1n) is 10.1. The number of amides is 1. The van der Waals surface area contributed by atoms with Crippen LogP contribution < -0.4 is 19.5 Å². The lowest BCUT2D eigenvalue weighted by Crippen LogP contribution is -2.28. The summed E-state index contributed by atoms with van der Waals surface area (Å²) in [5.74, 6) is -1.56. The highest BCUT2D eigenvalue weighted by molar-refractivity contribution is 7.92. The lowest BCUT2D eigenvalue weighted by atomic mass is 10.1. The monoisotopic (exact) mass is 488 g/mol. The Bertz CT molecular complexity index is 1110. The van der Waals surface area contributed by atoms with Gasteiger partial charge in [-0.05, 0) is 50.5 Å². The second-order valence-corrected chi connectivity index (χ2v) is 9.02. The maximum Gasteiger partial charge on any atom is 0.573 e. The van der Waals surface area contributed by atoms with Crippen molar-refractivity contribution in [2.75, 3.05) is 16.6 Å². The number of sulfonamides is 1. The van der Waals surface area contributed by atoms with Crippen LogP contribution in [-0.4, -0.2) is 38.5 Å². The quantitative estimate of drug-likeness (QED) is 0.520. The molecule has 1 unspecified atom stereocenters. The van der Waals surface area contributed by atoms with E-state index in [1.807, 2.05) is 0 Å². The van der Waals surface area contributed by atoms with E-state index in [9.17, 15) is 31.5 Å². The first kappa shape index (κ1) is 24.6. The molecule has 2 aromatic rings. The zero-order chi connectivity index (χ0) is 24.2. The van der Waals surface area contributed by atoms with Gasteiger partial charge in [0.2, 0.25) is 5.91 Å². The third kappa shape index (κ3) is 6.51. The number of alkyl halides is 3. The lowest BCUT2D eigenvalue weighted by Gasteiger charge is -2.17. The van der Waals surface area contributed by atoms with Gasteiger partial charge in [-0.25, -0.2) is 8.42 Å². The van der Waals surface area contributed by atoms with E-state index in [-0.39, 0.29) is 34.5 Å². The molecule has 2 atom stereocenters. The number of nitrogens with one attached hydrogen (secondary N) is 2. The highest BCUT2D eigenvalue weighted by Gasteiger charge is 2.32. The van der Waals surface area contributed by atoms with Crippen LogP contribution in [0.25, 0.3) is 0 Å². The molecule has 3 rings (SSSR count). The van der Waals surface area contributed by atoms with Gasteiger partial charge in [0.05, 0.1) is 24.3 Å². The van der Waals surface area contributed by atoms with Crippen LogP contribution in [0.5, 0.6) is 11.5 Å². The average Bonchev–Trinajstić information content (AvgIpc) is 3.13. The van der Waals surface area contributed by atoms with Gasteiger partial charge in [0.15, 0.2) is 0 Å². The van der Waals surface area contributed by atoms with E-state index in [1.54, 1.807) is 6.92 Å². The van der Waals surface area contributed by atoms with Gasteiger partial charge >= 0.3 is 6.36 Å². The number of carbonyl (C=O) groups excluding carboxylic acids is 1. The molecule has 1 saturated carbocycles. The van der Waals surface area contributed by atoms with E-state index in [2.05, 4.69) is 14.8 Å². The highest BCUT2D eigenvalue weighted by Crippen LogP contribution is 2.32. The van der Waals surface area contributed by atoms with E-state index < -0.39 is 34.2 Å². The molecule has 1 fully saturated rings. The molecule has 0 saturated heterocycles. The van der Waals surface area contributed by atoms with E-state index >= 15 is 0 Å². The predicted octanol–water partition coefficient (Wildman–Crippen LogP) is 3.88. The van der Waals surface area contributed by atoms with Gasteiger partial charge in [-0.2, -0.15) is 0 Å². The fraction of sp³-hybridized carbons (Fsp3) is 0.381. The molecule has 33 heavy (non-hydrogen) atoms. The molecular weight excluding hydrogens is 465 g/mol. The predicted molar refractivity (Wildman–Crippen MR) is 114 cm³/mol. The van der Waals surface area contributed by atoms with Gasteiger partial charge in [0.25, 0.3) is 10.0 Å². The molecule has 12 heteroatoms. The molecule has 0 aromatic heterocycles. The molecule has 0 aliphatic heterocycles. The summed E-state index contributed by atoms with van der Waals surface area (Å²) in [6.07, 6.45) is -3.81. The number of hydrogen-bond donors (Lipinski definition) is 3. The molecule has 0 spiro atoms. The minimum atomic E-state index is -4.92.